The first kappa shape index (κ1) is 14.9. The Kier molecular flexibility index (Phi) is 4.84. The molecule has 2 N–H and O–H groups in total. The lowest BCUT2D eigenvalue weighted by Crippen LogP contribution is -2.10. The van der Waals surface area contributed by atoms with Gasteiger partial charge in [-0.15, -0.1) is 0 Å². The summed E-state index contributed by atoms with van der Waals surface area (Å²) in [5.41, 5.74) is 3.21. The zero-order valence-corrected chi connectivity index (χ0v) is 13.0. The maximum Gasteiger partial charge on any atom is 0.124 e. The number of aliphatic hydroxyl groups excluding tert-OH is 1. The van der Waals surface area contributed by atoms with Gasteiger partial charge < -0.3 is 10.2 Å². The summed E-state index contributed by atoms with van der Waals surface area (Å²) >= 11 is 0. The van der Waals surface area contributed by atoms with Crippen LogP contribution in [-0.2, 0) is 6.61 Å². The SMILES string of the molecule is OCc1cc(C2CCCCC2)cc(C2CCCCC2)c1O. The van der Waals surface area contributed by atoms with Gasteiger partial charge in [0, 0.05) is 5.56 Å². The number of hydrogen-bond donors (Lipinski definition) is 2. The number of aromatic hydroxyl groups is 1. The van der Waals surface area contributed by atoms with Crippen LogP contribution in [0.1, 0.15) is 92.7 Å². The summed E-state index contributed by atoms with van der Waals surface area (Å²) in [4.78, 5) is 0. The van der Waals surface area contributed by atoms with Gasteiger partial charge in [-0.3, -0.25) is 0 Å². The van der Waals surface area contributed by atoms with Gasteiger partial charge in [0.15, 0.2) is 0 Å². The second-order valence-electron chi connectivity index (χ2n) is 6.95. The van der Waals surface area contributed by atoms with E-state index in [0.717, 1.165) is 11.1 Å². The summed E-state index contributed by atoms with van der Waals surface area (Å²) in [6, 6.07) is 4.32. The molecule has 0 spiro atoms. The lowest BCUT2D eigenvalue weighted by Gasteiger charge is -2.27. The average Bonchev–Trinajstić information content (AvgIpc) is 2.56. The largest absolute Gasteiger partial charge is 0.507 e. The standard InChI is InChI=1S/C19H28O2/c20-13-17-11-16(14-7-3-1-4-8-14)12-18(19(17)21)15-9-5-2-6-10-15/h11-12,14-15,20-21H,1-10,13H2. The van der Waals surface area contributed by atoms with Gasteiger partial charge in [-0.05, 0) is 54.7 Å². The van der Waals surface area contributed by atoms with Crippen molar-refractivity contribution in [1.29, 1.82) is 0 Å². The van der Waals surface area contributed by atoms with Crippen LogP contribution in [0, 0.1) is 0 Å². The van der Waals surface area contributed by atoms with Gasteiger partial charge in [0.05, 0.1) is 6.61 Å². The van der Waals surface area contributed by atoms with Crippen LogP contribution in [0.15, 0.2) is 12.1 Å². The average molecular weight is 288 g/mol. The van der Waals surface area contributed by atoms with Crippen LogP contribution >= 0.6 is 0 Å². The first-order chi connectivity index (χ1) is 10.3. The van der Waals surface area contributed by atoms with Gasteiger partial charge in [-0.1, -0.05) is 44.6 Å². The Morgan fingerprint density at radius 2 is 1.38 bits per heavy atom. The molecule has 2 aliphatic rings. The number of phenols is 1. The molecule has 3 rings (SSSR count). The molecule has 2 heteroatoms. The van der Waals surface area contributed by atoms with E-state index in [0.29, 0.717) is 17.6 Å². The van der Waals surface area contributed by atoms with Gasteiger partial charge >= 0.3 is 0 Å². The topological polar surface area (TPSA) is 40.5 Å². The van der Waals surface area contributed by atoms with Crippen molar-refractivity contribution in [3.63, 3.8) is 0 Å². The summed E-state index contributed by atoms with van der Waals surface area (Å²) < 4.78 is 0. The van der Waals surface area contributed by atoms with Crippen molar-refractivity contribution in [2.75, 3.05) is 0 Å². The van der Waals surface area contributed by atoms with Crippen molar-refractivity contribution in [2.45, 2.75) is 82.7 Å². The molecule has 0 atom stereocenters. The monoisotopic (exact) mass is 288 g/mol. The van der Waals surface area contributed by atoms with Gasteiger partial charge in [-0.25, -0.2) is 0 Å². The van der Waals surface area contributed by atoms with Crippen LogP contribution in [0.25, 0.3) is 0 Å². The third-order valence-corrected chi connectivity index (χ3v) is 5.53. The molecule has 0 amide bonds. The second kappa shape index (κ2) is 6.83. The van der Waals surface area contributed by atoms with Gasteiger partial charge in [0.1, 0.15) is 5.75 Å². The van der Waals surface area contributed by atoms with E-state index in [2.05, 4.69) is 12.1 Å². The molecule has 0 unspecified atom stereocenters. The summed E-state index contributed by atoms with van der Waals surface area (Å²) in [6.45, 7) is -0.0495. The minimum Gasteiger partial charge on any atom is -0.507 e. The molecule has 1 aromatic rings. The maximum atomic E-state index is 10.5. The summed E-state index contributed by atoms with van der Waals surface area (Å²) in [6.07, 6.45) is 12.8. The lowest BCUT2D eigenvalue weighted by molar-refractivity contribution is 0.274. The molecule has 0 saturated heterocycles. The molecule has 0 heterocycles. The fraction of sp³-hybridized carbons (Fsp3) is 0.684. The van der Waals surface area contributed by atoms with Crippen molar-refractivity contribution in [2.24, 2.45) is 0 Å². The van der Waals surface area contributed by atoms with E-state index in [4.69, 9.17) is 0 Å². The third-order valence-electron chi connectivity index (χ3n) is 5.53. The molecule has 2 aliphatic carbocycles. The molecule has 2 fully saturated rings. The number of aliphatic hydroxyl groups is 1. The molecule has 21 heavy (non-hydrogen) atoms. The van der Waals surface area contributed by atoms with Crippen LogP contribution in [0.5, 0.6) is 5.75 Å². The van der Waals surface area contributed by atoms with E-state index in [9.17, 15) is 10.2 Å². The van der Waals surface area contributed by atoms with Crippen molar-refractivity contribution in [1.82, 2.24) is 0 Å². The molecular weight excluding hydrogens is 260 g/mol. The minimum atomic E-state index is -0.0495. The Balaban J connectivity index is 1.93. The summed E-state index contributed by atoms with van der Waals surface area (Å²) in [5.74, 6) is 1.49. The van der Waals surface area contributed by atoms with Crippen molar-refractivity contribution >= 4 is 0 Å². The molecule has 0 aromatic heterocycles. The Hall–Kier alpha value is -1.02. The highest BCUT2D eigenvalue weighted by molar-refractivity contribution is 5.46. The molecule has 2 nitrogen and oxygen atoms in total. The van der Waals surface area contributed by atoms with E-state index < -0.39 is 0 Å². The van der Waals surface area contributed by atoms with Crippen molar-refractivity contribution in [3.05, 3.63) is 28.8 Å². The smallest absolute Gasteiger partial charge is 0.124 e. The van der Waals surface area contributed by atoms with Crippen LogP contribution in [0.2, 0.25) is 0 Å². The number of benzene rings is 1. The van der Waals surface area contributed by atoms with E-state index in [1.54, 1.807) is 0 Å². The Morgan fingerprint density at radius 1 is 0.810 bits per heavy atom. The first-order valence-electron chi connectivity index (χ1n) is 8.76. The summed E-state index contributed by atoms with van der Waals surface area (Å²) in [7, 11) is 0. The highest BCUT2D eigenvalue weighted by Gasteiger charge is 2.23. The Labute approximate surface area is 128 Å². The third kappa shape index (κ3) is 3.26. The fourth-order valence-electron chi connectivity index (χ4n) is 4.26. The quantitative estimate of drug-likeness (QED) is 0.823. The molecule has 116 valence electrons. The summed E-state index contributed by atoms with van der Waals surface area (Å²) in [5, 5.41) is 20.1. The van der Waals surface area contributed by atoms with Crippen LogP contribution in [-0.4, -0.2) is 10.2 Å². The van der Waals surface area contributed by atoms with Crippen LogP contribution in [0.4, 0.5) is 0 Å². The first-order valence-corrected chi connectivity index (χ1v) is 8.76. The number of rotatable bonds is 3. The van der Waals surface area contributed by atoms with Gasteiger partial charge in [-0.2, -0.15) is 0 Å². The Morgan fingerprint density at radius 3 is 1.95 bits per heavy atom. The molecular formula is C19H28O2. The van der Waals surface area contributed by atoms with E-state index in [1.807, 2.05) is 0 Å². The lowest BCUT2D eigenvalue weighted by atomic mass is 9.78. The normalized spacial score (nSPS) is 21.6. The molecule has 1 aromatic carbocycles. The maximum absolute atomic E-state index is 10.5. The highest BCUT2D eigenvalue weighted by Crippen LogP contribution is 2.42. The molecule has 0 aliphatic heterocycles. The predicted octanol–water partition coefficient (Wildman–Crippen LogP) is 4.98. The minimum absolute atomic E-state index is 0.0495. The zero-order valence-electron chi connectivity index (χ0n) is 13.0. The molecule has 2 saturated carbocycles. The van der Waals surface area contributed by atoms with E-state index >= 15 is 0 Å². The van der Waals surface area contributed by atoms with Crippen molar-refractivity contribution < 1.29 is 10.2 Å². The van der Waals surface area contributed by atoms with Crippen molar-refractivity contribution in [3.8, 4) is 5.75 Å². The highest BCUT2D eigenvalue weighted by atomic mass is 16.3. The molecule has 0 bridgehead atoms. The predicted molar refractivity (Wildman–Crippen MR) is 85.7 cm³/mol. The Bertz CT molecular complexity index is 469. The van der Waals surface area contributed by atoms with Crippen LogP contribution < -0.4 is 0 Å². The zero-order chi connectivity index (χ0) is 14.7. The van der Waals surface area contributed by atoms with E-state index in [-0.39, 0.29) is 6.61 Å². The van der Waals surface area contributed by atoms with Gasteiger partial charge in [0.2, 0.25) is 0 Å². The fourth-order valence-corrected chi connectivity index (χ4v) is 4.26. The van der Waals surface area contributed by atoms with E-state index in [1.165, 1.54) is 69.8 Å². The van der Waals surface area contributed by atoms with Gasteiger partial charge in [0.25, 0.3) is 0 Å². The van der Waals surface area contributed by atoms with Crippen LogP contribution in [0.3, 0.4) is 0 Å². The molecule has 0 radical (unpaired) electrons. The second-order valence-corrected chi connectivity index (χ2v) is 6.95. The number of hydrogen-bond acceptors (Lipinski definition) is 2.